The number of ether oxygens (including phenoxy) is 1. The number of alkyl halides is 3. The zero-order valence-corrected chi connectivity index (χ0v) is 15.5. The number of carbonyl (C=O) groups is 1. The van der Waals surface area contributed by atoms with Gasteiger partial charge in [0.15, 0.2) is 5.82 Å². The maximum Gasteiger partial charge on any atom is 0.401 e. The van der Waals surface area contributed by atoms with E-state index in [1.165, 1.54) is 15.8 Å². The van der Waals surface area contributed by atoms with Crippen molar-refractivity contribution in [1.29, 1.82) is 0 Å². The molecule has 0 saturated heterocycles. The monoisotopic (exact) mass is 384 g/mol. The highest BCUT2D eigenvalue weighted by Crippen LogP contribution is 2.18. The van der Waals surface area contributed by atoms with Crippen molar-refractivity contribution in [1.82, 2.24) is 19.7 Å². The minimum absolute atomic E-state index is 0.0358. The molecule has 2 aromatic rings. The average Bonchev–Trinajstić information content (AvgIpc) is 2.98. The van der Waals surface area contributed by atoms with Gasteiger partial charge in [0.2, 0.25) is 0 Å². The Morgan fingerprint density at radius 3 is 2.67 bits per heavy atom. The molecule has 0 aliphatic rings. The molecule has 0 fully saturated rings. The van der Waals surface area contributed by atoms with Crippen LogP contribution in [0.5, 0.6) is 0 Å². The molecule has 0 unspecified atom stereocenters. The average molecular weight is 384 g/mol. The zero-order valence-electron chi connectivity index (χ0n) is 15.5. The summed E-state index contributed by atoms with van der Waals surface area (Å²) in [6.07, 6.45) is -0.919. The van der Waals surface area contributed by atoms with Gasteiger partial charge in [-0.25, -0.2) is 14.5 Å². The Kier molecular flexibility index (Phi) is 6.95. The van der Waals surface area contributed by atoms with Crippen molar-refractivity contribution >= 4 is 5.97 Å². The molecule has 0 radical (unpaired) electrons. The Morgan fingerprint density at radius 1 is 1.33 bits per heavy atom. The molecule has 0 aliphatic carbocycles. The van der Waals surface area contributed by atoms with Crippen molar-refractivity contribution < 1.29 is 22.7 Å². The second-order valence-electron chi connectivity index (χ2n) is 6.41. The lowest BCUT2D eigenvalue weighted by atomic mass is 10.2. The Morgan fingerprint density at radius 2 is 2.07 bits per heavy atom. The Hall–Kier alpha value is -2.42. The number of carbonyl (C=O) groups excluding carboxylic acids is 1. The van der Waals surface area contributed by atoms with Crippen LogP contribution < -0.4 is 0 Å². The van der Waals surface area contributed by atoms with Crippen molar-refractivity contribution in [2.45, 2.75) is 39.4 Å². The summed E-state index contributed by atoms with van der Waals surface area (Å²) in [6.45, 7) is 4.38. The van der Waals surface area contributed by atoms with Gasteiger partial charge in [-0.15, -0.1) is 0 Å². The SMILES string of the molecule is Cc1c(C(=O)OCCCN(CC(F)(F)F)C(C)C)cnn1-c1ccccn1. The van der Waals surface area contributed by atoms with E-state index < -0.39 is 18.7 Å². The summed E-state index contributed by atoms with van der Waals surface area (Å²) in [7, 11) is 0. The van der Waals surface area contributed by atoms with Crippen LogP contribution in [0.15, 0.2) is 30.6 Å². The second kappa shape index (κ2) is 8.98. The third-order valence-corrected chi connectivity index (χ3v) is 4.03. The molecule has 2 rings (SSSR count). The van der Waals surface area contributed by atoms with Crippen LogP contribution >= 0.6 is 0 Å². The quantitative estimate of drug-likeness (QED) is 0.516. The van der Waals surface area contributed by atoms with Crippen LogP contribution in [0, 0.1) is 6.92 Å². The predicted molar refractivity (Wildman–Crippen MR) is 93.8 cm³/mol. The fourth-order valence-electron chi connectivity index (χ4n) is 2.58. The van der Waals surface area contributed by atoms with Crippen LogP contribution in [0.25, 0.3) is 5.82 Å². The molecular weight excluding hydrogens is 361 g/mol. The summed E-state index contributed by atoms with van der Waals surface area (Å²) in [5.41, 5.74) is 0.885. The molecule has 0 amide bonds. The molecule has 2 aromatic heterocycles. The highest BCUT2D eigenvalue weighted by Gasteiger charge is 2.31. The molecule has 0 aromatic carbocycles. The standard InChI is InChI=1S/C18H23F3N4O2/c1-13(2)24(12-18(19,20)21)9-6-10-27-17(26)15-11-23-25(14(15)3)16-7-4-5-8-22-16/h4-5,7-8,11,13H,6,9-10,12H2,1-3H3. The topological polar surface area (TPSA) is 60.2 Å². The van der Waals surface area contributed by atoms with Gasteiger partial charge in [0, 0.05) is 18.8 Å². The van der Waals surface area contributed by atoms with E-state index in [4.69, 9.17) is 4.74 Å². The highest BCUT2D eigenvalue weighted by atomic mass is 19.4. The van der Waals surface area contributed by atoms with Crippen molar-refractivity contribution in [2.75, 3.05) is 19.7 Å². The van der Waals surface area contributed by atoms with E-state index in [2.05, 4.69) is 10.1 Å². The summed E-state index contributed by atoms with van der Waals surface area (Å²) in [6, 6.07) is 5.09. The number of hydrogen-bond donors (Lipinski definition) is 0. The fourth-order valence-corrected chi connectivity index (χ4v) is 2.58. The van der Waals surface area contributed by atoms with Gasteiger partial charge in [0.05, 0.1) is 25.0 Å². The minimum Gasteiger partial charge on any atom is -0.462 e. The van der Waals surface area contributed by atoms with Gasteiger partial charge in [0.1, 0.15) is 5.56 Å². The molecule has 0 spiro atoms. The second-order valence-corrected chi connectivity index (χ2v) is 6.41. The molecule has 148 valence electrons. The Labute approximate surface area is 155 Å². The molecule has 0 N–H and O–H groups in total. The predicted octanol–water partition coefficient (Wildman–Crippen LogP) is 3.40. The first-order chi connectivity index (χ1) is 12.7. The van der Waals surface area contributed by atoms with Crippen LogP contribution in [0.1, 0.15) is 36.3 Å². The molecule has 0 saturated carbocycles. The molecule has 0 aliphatic heterocycles. The largest absolute Gasteiger partial charge is 0.462 e. The first-order valence-corrected chi connectivity index (χ1v) is 8.63. The van der Waals surface area contributed by atoms with E-state index in [0.717, 1.165) is 0 Å². The van der Waals surface area contributed by atoms with Gasteiger partial charge in [-0.1, -0.05) is 6.07 Å². The van der Waals surface area contributed by atoms with E-state index in [9.17, 15) is 18.0 Å². The lowest BCUT2D eigenvalue weighted by Gasteiger charge is -2.27. The summed E-state index contributed by atoms with van der Waals surface area (Å²) in [5.74, 6) is 0.0235. The van der Waals surface area contributed by atoms with Gasteiger partial charge in [-0.05, 0) is 39.3 Å². The third-order valence-electron chi connectivity index (χ3n) is 4.03. The first kappa shape index (κ1) is 20.9. The van der Waals surface area contributed by atoms with Gasteiger partial charge >= 0.3 is 12.1 Å². The Bertz CT molecular complexity index is 745. The summed E-state index contributed by atoms with van der Waals surface area (Å²) >= 11 is 0. The van der Waals surface area contributed by atoms with Crippen molar-refractivity contribution in [3.8, 4) is 5.82 Å². The van der Waals surface area contributed by atoms with Gasteiger partial charge in [-0.2, -0.15) is 18.3 Å². The van der Waals surface area contributed by atoms with E-state index in [1.807, 2.05) is 6.07 Å². The van der Waals surface area contributed by atoms with Crippen molar-refractivity contribution in [3.63, 3.8) is 0 Å². The number of nitrogens with zero attached hydrogens (tertiary/aromatic N) is 4. The van der Waals surface area contributed by atoms with Crippen LogP contribution in [-0.4, -0.2) is 57.5 Å². The number of halogens is 3. The smallest absolute Gasteiger partial charge is 0.401 e. The zero-order chi connectivity index (χ0) is 20.0. The summed E-state index contributed by atoms with van der Waals surface area (Å²) in [4.78, 5) is 17.7. The first-order valence-electron chi connectivity index (χ1n) is 8.63. The van der Waals surface area contributed by atoms with Crippen molar-refractivity contribution in [2.24, 2.45) is 0 Å². The van der Waals surface area contributed by atoms with Crippen LogP contribution in [-0.2, 0) is 4.74 Å². The van der Waals surface area contributed by atoms with Gasteiger partial charge in [0.25, 0.3) is 0 Å². The molecule has 0 bridgehead atoms. The molecule has 27 heavy (non-hydrogen) atoms. The maximum atomic E-state index is 12.6. The van der Waals surface area contributed by atoms with Crippen LogP contribution in [0.3, 0.4) is 0 Å². The fraction of sp³-hybridized carbons (Fsp3) is 0.500. The highest BCUT2D eigenvalue weighted by molar-refractivity contribution is 5.90. The van der Waals surface area contributed by atoms with E-state index in [0.29, 0.717) is 23.5 Å². The van der Waals surface area contributed by atoms with E-state index in [-0.39, 0.29) is 19.2 Å². The van der Waals surface area contributed by atoms with Crippen LogP contribution in [0.2, 0.25) is 0 Å². The van der Waals surface area contributed by atoms with Gasteiger partial charge < -0.3 is 4.74 Å². The summed E-state index contributed by atoms with van der Waals surface area (Å²) in [5, 5.41) is 4.15. The minimum atomic E-state index is -4.25. The molecule has 6 nitrogen and oxygen atoms in total. The third kappa shape index (κ3) is 6.06. The number of rotatable bonds is 8. The summed E-state index contributed by atoms with van der Waals surface area (Å²) < 4.78 is 44.4. The number of esters is 1. The molecule has 0 atom stereocenters. The molecule has 2 heterocycles. The van der Waals surface area contributed by atoms with Crippen molar-refractivity contribution in [3.05, 3.63) is 41.9 Å². The Balaban J connectivity index is 1.88. The lowest BCUT2D eigenvalue weighted by molar-refractivity contribution is -0.149. The van der Waals surface area contributed by atoms with Gasteiger partial charge in [-0.3, -0.25) is 4.90 Å². The molecular formula is C18H23F3N4O2. The van der Waals surface area contributed by atoms with E-state index >= 15 is 0 Å². The number of pyridine rings is 1. The molecule has 9 heteroatoms. The number of hydrogen-bond acceptors (Lipinski definition) is 5. The lowest BCUT2D eigenvalue weighted by Crippen LogP contribution is -2.40. The normalized spacial score (nSPS) is 12.0. The van der Waals surface area contributed by atoms with E-state index in [1.54, 1.807) is 39.1 Å². The number of aromatic nitrogens is 3. The maximum absolute atomic E-state index is 12.6. The van der Waals surface area contributed by atoms with Crippen LogP contribution in [0.4, 0.5) is 13.2 Å².